The van der Waals surface area contributed by atoms with E-state index < -0.39 is 11.2 Å². The third-order valence-electron chi connectivity index (χ3n) is 6.45. The van der Waals surface area contributed by atoms with Crippen LogP contribution in [0.15, 0.2) is 39.9 Å². The molecular formula is C22H28FN5O3. The van der Waals surface area contributed by atoms with Crippen LogP contribution in [0.1, 0.15) is 23.3 Å². The quantitative estimate of drug-likeness (QED) is 0.717. The number of hydrogen-bond acceptors (Lipinski definition) is 5. The maximum Gasteiger partial charge on any atom is 0.331 e. The summed E-state index contributed by atoms with van der Waals surface area (Å²) in [7, 11) is 2.92. The Morgan fingerprint density at radius 1 is 0.968 bits per heavy atom. The molecule has 2 aromatic rings. The molecule has 4 rings (SSSR count). The van der Waals surface area contributed by atoms with Crippen molar-refractivity contribution in [2.75, 3.05) is 44.2 Å². The van der Waals surface area contributed by atoms with Crippen LogP contribution in [0.3, 0.4) is 0 Å². The molecule has 0 N–H and O–H groups in total. The van der Waals surface area contributed by atoms with Crippen molar-refractivity contribution >= 4 is 11.6 Å². The van der Waals surface area contributed by atoms with Gasteiger partial charge in [-0.3, -0.25) is 23.6 Å². The fourth-order valence-corrected chi connectivity index (χ4v) is 4.53. The summed E-state index contributed by atoms with van der Waals surface area (Å²) < 4.78 is 15.4. The fraction of sp³-hybridized carbons (Fsp3) is 0.500. The number of rotatable bonds is 3. The van der Waals surface area contributed by atoms with E-state index in [0.717, 1.165) is 49.3 Å². The second-order valence-corrected chi connectivity index (χ2v) is 8.32. The minimum atomic E-state index is -0.499. The molecule has 2 aliphatic heterocycles. The van der Waals surface area contributed by atoms with Crippen LogP contribution in [0.4, 0.5) is 10.1 Å². The highest BCUT2D eigenvalue weighted by atomic mass is 19.1. The van der Waals surface area contributed by atoms with Gasteiger partial charge in [-0.25, -0.2) is 9.18 Å². The van der Waals surface area contributed by atoms with Crippen molar-refractivity contribution in [2.45, 2.75) is 18.9 Å². The van der Waals surface area contributed by atoms with Gasteiger partial charge in [-0.05, 0) is 37.1 Å². The average molecular weight is 429 g/mol. The minimum Gasteiger partial charge on any atom is -0.369 e. The first-order valence-corrected chi connectivity index (χ1v) is 10.7. The second-order valence-electron chi connectivity index (χ2n) is 8.32. The first kappa shape index (κ1) is 21.3. The molecule has 8 nitrogen and oxygen atoms in total. The predicted octanol–water partition coefficient (Wildman–Crippen LogP) is 0.650. The number of hydrogen-bond donors (Lipinski definition) is 0. The van der Waals surface area contributed by atoms with Gasteiger partial charge in [0, 0.05) is 71.2 Å². The van der Waals surface area contributed by atoms with Crippen LogP contribution in [-0.2, 0) is 14.1 Å². The predicted molar refractivity (Wildman–Crippen MR) is 116 cm³/mol. The standard InChI is InChI=1S/C22H28FN5O3/c1-24-19(14-20(29)25(2)22(24)31)21(30)28-9-3-4-18(15-28)27-12-10-26(11-13-27)17-7-5-16(23)6-8-17/h5-8,14,18H,3-4,9-13,15H2,1-2H3/t18-/m0/s1. The Morgan fingerprint density at radius 3 is 2.32 bits per heavy atom. The summed E-state index contributed by atoms with van der Waals surface area (Å²) >= 11 is 0. The zero-order chi connectivity index (χ0) is 22.1. The number of nitrogens with zero attached hydrogens (tertiary/aromatic N) is 5. The maximum absolute atomic E-state index is 13.2. The molecule has 0 bridgehead atoms. The highest BCUT2D eigenvalue weighted by molar-refractivity contribution is 5.92. The van der Waals surface area contributed by atoms with Crippen molar-refractivity contribution in [2.24, 2.45) is 14.1 Å². The first-order valence-electron chi connectivity index (χ1n) is 10.7. The number of carbonyl (C=O) groups excluding carboxylic acids is 1. The normalized spacial score (nSPS) is 20.2. The molecule has 1 amide bonds. The zero-order valence-electron chi connectivity index (χ0n) is 18.0. The maximum atomic E-state index is 13.2. The first-order chi connectivity index (χ1) is 14.8. The lowest BCUT2D eigenvalue weighted by molar-refractivity contribution is 0.0553. The second kappa shape index (κ2) is 8.66. The lowest BCUT2D eigenvalue weighted by Crippen LogP contribution is -2.56. The van der Waals surface area contributed by atoms with Gasteiger partial charge in [0.05, 0.1) is 0 Å². The molecule has 2 saturated heterocycles. The van der Waals surface area contributed by atoms with Crippen LogP contribution in [-0.4, -0.2) is 70.2 Å². The molecule has 0 radical (unpaired) electrons. The number of piperidine rings is 1. The highest BCUT2D eigenvalue weighted by Gasteiger charge is 2.31. The molecule has 1 aromatic carbocycles. The third kappa shape index (κ3) is 4.27. The molecule has 1 atom stereocenters. The Balaban J connectivity index is 1.41. The number of amides is 1. The highest BCUT2D eigenvalue weighted by Crippen LogP contribution is 2.22. The number of halogens is 1. The van der Waals surface area contributed by atoms with E-state index in [2.05, 4.69) is 9.80 Å². The molecular weight excluding hydrogens is 401 g/mol. The van der Waals surface area contributed by atoms with Gasteiger partial charge in [0.2, 0.25) is 0 Å². The van der Waals surface area contributed by atoms with Gasteiger partial charge >= 0.3 is 5.69 Å². The van der Waals surface area contributed by atoms with Gasteiger partial charge in [0.25, 0.3) is 11.5 Å². The van der Waals surface area contributed by atoms with E-state index >= 15 is 0 Å². The number of carbonyl (C=O) groups is 1. The van der Waals surface area contributed by atoms with Crippen molar-refractivity contribution in [3.63, 3.8) is 0 Å². The number of aromatic nitrogens is 2. The summed E-state index contributed by atoms with van der Waals surface area (Å²) in [6.45, 7) is 4.63. The van der Waals surface area contributed by atoms with E-state index in [0.29, 0.717) is 13.1 Å². The summed E-state index contributed by atoms with van der Waals surface area (Å²) in [6, 6.07) is 8.07. The Hall–Kier alpha value is -2.94. The van der Waals surface area contributed by atoms with Gasteiger partial charge in [0.1, 0.15) is 11.5 Å². The number of benzene rings is 1. The lowest BCUT2D eigenvalue weighted by Gasteiger charge is -2.44. The molecule has 0 aliphatic carbocycles. The fourth-order valence-electron chi connectivity index (χ4n) is 4.53. The molecule has 3 heterocycles. The van der Waals surface area contributed by atoms with Crippen LogP contribution >= 0.6 is 0 Å². The molecule has 0 unspecified atom stereocenters. The molecule has 1 aromatic heterocycles. The summed E-state index contributed by atoms with van der Waals surface area (Å²) in [5.74, 6) is -0.505. The van der Waals surface area contributed by atoms with Crippen molar-refractivity contribution in [1.29, 1.82) is 0 Å². The average Bonchev–Trinajstić information content (AvgIpc) is 2.80. The molecule has 31 heavy (non-hydrogen) atoms. The van der Waals surface area contributed by atoms with Crippen molar-refractivity contribution in [1.82, 2.24) is 18.9 Å². The molecule has 0 saturated carbocycles. The third-order valence-corrected chi connectivity index (χ3v) is 6.45. The van der Waals surface area contributed by atoms with Gasteiger partial charge in [-0.15, -0.1) is 0 Å². The van der Waals surface area contributed by atoms with E-state index in [4.69, 9.17) is 0 Å². The van der Waals surface area contributed by atoms with Crippen molar-refractivity contribution in [3.05, 3.63) is 62.7 Å². The molecule has 2 fully saturated rings. The van der Waals surface area contributed by atoms with Gasteiger partial charge in [0.15, 0.2) is 0 Å². The van der Waals surface area contributed by atoms with Crippen LogP contribution in [0.5, 0.6) is 0 Å². The molecule has 9 heteroatoms. The lowest BCUT2D eigenvalue weighted by atomic mass is 10.0. The van der Waals surface area contributed by atoms with Crippen LogP contribution in [0.2, 0.25) is 0 Å². The number of piperazine rings is 1. The monoisotopic (exact) mass is 429 g/mol. The van der Waals surface area contributed by atoms with Gasteiger partial charge in [-0.2, -0.15) is 0 Å². The number of likely N-dealkylation sites (tertiary alicyclic amines) is 1. The molecule has 166 valence electrons. The topological polar surface area (TPSA) is 70.8 Å². The molecule has 0 spiro atoms. The van der Waals surface area contributed by atoms with Crippen LogP contribution < -0.4 is 16.1 Å². The van der Waals surface area contributed by atoms with Crippen LogP contribution in [0, 0.1) is 5.82 Å². The van der Waals surface area contributed by atoms with Gasteiger partial charge in [-0.1, -0.05) is 0 Å². The zero-order valence-corrected chi connectivity index (χ0v) is 18.0. The van der Waals surface area contributed by atoms with E-state index in [1.54, 1.807) is 17.0 Å². The van der Waals surface area contributed by atoms with E-state index in [1.165, 1.54) is 36.9 Å². The SMILES string of the molecule is Cn1c(C(=O)N2CCC[C@H](N3CCN(c4ccc(F)cc4)CC3)C2)cc(=O)n(C)c1=O. The largest absolute Gasteiger partial charge is 0.369 e. The summed E-state index contributed by atoms with van der Waals surface area (Å²) in [5, 5.41) is 0. The van der Waals surface area contributed by atoms with E-state index in [-0.39, 0.29) is 23.5 Å². The van der Waals surface area contributed by atoms with E-state index in [1.807, 2.05) is 0 Å². The van der Waals surface area contributed by atoms with Gasteiger partial charge < -0.3 is 9.80 Å². The molecule has 2 aliphatic rings. The minimum absolute atomic E-state index is 0.134. The Labute approximate surface area is 180 Å². The smallest absolute Gasteiger partial charge is 0.331 e. The van der Waals surface area contributed by atoms with Crippen LogP contribution in [0.25, 0.3) is 0 Å². The van der Waals surface area contributed by atoms with Crippen molar-refractivity contribution < 1.29 is 9.18 Å². The summed E-state index contributed by atoms with van der Waals surface area (Å²) in [6.07, 6.45) is 1.89. The Bertz CT molecular complexity index is 1070. The van der Waals surface area contributed by atoms with E-state index in [9.17, 15) is 18.8 Å². The Morgan fingerprint density at radius 2 is 1.65 bits per heavy atom. The Kier molecular flexibility index (Phi) is 5.95. The summed E-state index contributed by atoms with van der Waals surface area (Å²) in [4.78, 5) is 43.7. The van der Waals surface area contributed by atoms with Crippen molar-refractivity contribution in [3.8, 4) is 0 Å². The summed E-state index contributed by atoms with van der Waals surface area (Å²) in [5.41, 5.74) is 0.182. The number of anilines is 1.